The highest BCUT2D eigenvalue weighted by Gasteiger charge is 2.11. The van der Waals surface area contributed by atoms with Crippen LogP contribution in [0, 0.1) is 17.1 Å². The van der Waals surface area contributed by atoms with Crippen LogP contribution < -0.4 is 5.73 Å². The van der Waals surface area contributed by atoms with Crippen LogP contribution >= 0.6 is 15.9 Å². The standard InChI is InChI=1S/C9H6BrFN2O/c10-3-8(14)5-1-6(4-12)9(13)7(11)2-5/h1-2H,3,13H2. The number of carbonyl (C=O) groups excluding carboxylic acids is 1. The van der Waals surface area contributed by atoms with Crippen LogP contribution in [0.3, 0.4) is 0 Å². The van der Waals surface area contributed by atoms with Gasteiger partial charge in [0, 0.05) is 5.56 Å². The summed E-state index contributed by atoms with van der Waals surface area (Å²) in [7, 11) is 0. The molecule has 0 aromatic heterocycles. The number of nitrogens with zero attached hydrogens (tertiary/aromatic N) is 1. The van der Waals surface area contributed by atoms with Gasteiger partial charge in [-0.2, -0.15) is 5.26 Å². The molecule has 14 heavy (non-hydrogen) atoms. The molecule has 1 aromatic carbocycles. The molecule has 0 heterocycles. The largest absolute Gasteiger partial charge is 0.395 e. The minimum absolute atomic E-state index is 0.0192. The van der Waals surface area contributed by atoms with Gasteiger partial charge in [0.2, 0.25) is 0 Å². The van der Waals surface area contributed by atoms with E-state index in [0.29, 0.717) is 0 Å². The molecule has 0 aliphatic rings. The van der Waals surface area contributed by atoms with Gasteiger partial charge in [-0.3, -0.25) is 4.79 Å². The van der Waals surface area contributed by atoms with E-state index in [9.17, 15) is 9.18 Å². The van der Waals surface area contributed by atoms with Crippen LogP contribution in [0.5, 0.6) is 0 Å². The van der Waals surface area contributed by atoms with Gasteiger partial charge in [0.15, 0.2) is 5.78 Å². The zero-order valence-corrected chi connectivity index (χ0v) is 8.64. The van der Waals surface area contributed by atoms with Crippen molar-refractivity contribution in [1.82, 2.24) is 0 Å². The van der Waals surface area contributed by atoms with Crippen molar-refractivity contribution < 1.29 is 9.18 Å². The molecule has 0 fully saturated rings. The summed E-state index contributed by atoms with van der Waals surface area (Å²) in [6.45, 7) is 0. The lowest BCUT2D eigenvalue weighted by molar-refractivity contribution is 0.102. The second-order valence-corrected chi connectivity index (χ2v) is 3.15. The van der Waals surface area contributed by atoms with Gasteiger partial charge >= 0.3 is 0 Å². The highest BCUT2D eigenvalue weighted by atomic mass is 79.9. The van der Waals surface area contributed by atoms with Crippen LogP contribution in [-0.2, 0) is 0 Å². The first-order valence-corrected chi connectivity index (χ1v) is 4.80. The van der Waals surface area contributed by atoms with E-state index in [2.05, 4.69) is 15.9 Å². The van der Waals surface area contributed by atoms with Gasteiger partial charge in [-0.1, -0.05) is 15.9 Å². The number of benzene rings is 1. The number of nitrogen functional groups attached to an aromatic ring is 1. The Morgan fingerprint density at radius 3 is 2.79 bits per heavy atom. The molecule has 0 aliphatic heterocycles. The summed E-state index contributed by atoms with van der Waals surface area (Å²) < 4.78 is 13.1. The Kier molecular flexibility index (Phi) is 3.20. The fourth-order valence-corrected chi connectivity index (χ4v) is 1.27. The van der Waals surface area contributed by atoms with Crippen LogP contribution in [0.1, 0.15) is 15.9 Å². The number of anilines is 1. The van der Waals surface area contributed by atoms with Gasteiger partial charge in [-0.25, -0.2) is 4.39 Å². The predicted molar refractivity (Wildman–Crippen MR) is 53.7 cm³/mol. The first kappa shape index (κ1) is 10.7. The van der Waals surface area contributed by atoms with Gasteiger partial charge in [-0.05, 0) is 12.1 Å². The van der Waals surface area contributed by atoms with Crippen LogP contribution in [0.2, 0.25) is 0 Å². The zero-order chi connectivity index (χ0) is 10.7. The average Bonchev–Trinajstić information content (AvgIpc) is 2.20. The molecular formula is C9H6BrFN2O. The maximum Gasteiger partial charge on any atom is 0.173 e. The number of carbonyl (C=O) groups is 1. The number of ketones is 1. The van der Waals surface area contributed by atoms with E-state index in [0.717, 1.165) is 6.07 Å². The fourth-order valence-electron chi connectivity index (χ4n) is 0.948. The van der Waals surface area contributed by atoms with E-state index in [4.69, 9.17) is 11.0 Å². The third kappa shape index (κ3) is 1.91. The van der Waals surface area contributed by atoms with Crippen LogP contribution in [0.25, 0.3) is 0 Å². The third-order valence-corrected chi connectivity index (χ3v) is 2.20. The van der Waals surface area contributed by atoms with Gasteiger partial charge in [0.1, 0.15) is 11.9 Å². The van der Waals surface area contributed by atoms with Gasteiger partial charge in [0.25, 0.3) is 0 Å². The Labute approximate surface area is 88.5 Å². The van der Waals surface area contributed by atoms with Crippen molar-refractivity contribution in [2.45, 2.75) is 0 Å². The zero-order valence-electron chi connectivity index (χ0n) is 7.05. The molecule has 0 bridgehead atoms. The molecule has 0 saturated carbocycles. The van der Waals surface area contributed by atoms with Crippen molar-refractivity contribution in [3.8, 4) is 6.07 Å². The minimum atomic E-state index is -0.742. The summed E-state index contributed by atoms with van der Waals surface area (Å²) >= 11 is 2.95. The Morgan fingerprint density at radius 1 is 1.64 bits per heavy atom. The quantitative estimate of drug-likeness (QED) is 0.499. The van der Waals surface area contributed by atoms with E-state index >= 15 is 0 Å². The third-order valence-electron chi connectivity index (χ3n) is 1.69. The van der Waals surface area contributed by atoms with Crippen LogP contribution in [-0.4, -0.2) is 11.1 Å². The molecule has 0 saturated heterocycles. The van der Waals surface area contributed by atoms with Crippen molar-refractivity contribution in [1.29, 1.82) is 5.26 Å². The molecule has 2 N–H and O–H groups in total. The molecule has 0 spiro atoms. The smallest absolute Gasteiger partial charge is 0.173 e. The number of hydrogen-bond acceptors (Lipinski definition) is 3. The van der Waals surface area contributed by atoms with Crippen LogP contribution in [0.4, 0.5) is 10.1 Å². The van der Waals surface area contributed by atoms with Gasteiger partial charge in [0.05, 0.1) is 16.6 Å². The monoisotopic (exact) mass is 256 g/mol. The van der Waals surface area contributed by atoms with E-state index < -0.39 is 5.82 Å². The Bertz CT molecular complexity index is 426. The van der Waals surface area contributed by atoms with Crippen molar-refractivity contribution in [3.05, 3.63) is 29.1 Å². The molecule has 0 radical (unpaired) electrons. The maximum absolute atomic E-state index is 13.1. The topological polar surface area (TPSA) is 66.9 Å². The lowest BCUT2D eigenvalue weighted by Crippen LogP contribution is -2.04. The summed E-state index contributed by atoms with van der Waals surface area (Å²) in [5.74, 6) is -1.03. The molecule has 0 amide bonds. The van der Waals surface area contributed by atoms with Crippen LogP contribution in [0.15, 0.2) is 12.1 Å². The van der Waals surface area contributed by atoms with E-state index in [1.54, 1.807) is 6.07 Å². The number of nitriles is 1. The summed E-state index contributed by atoms with van der Waals surface area (Å²) in [5, 5.41) is 8.69. The van der Waals surface area contributed by atoms with E-state index in [-0.39, 0.29) is 27.9 Å². The Balaban J connectivity index is 3.32. The predicted octanol–water partition coefficient (Wildman–Crippen LogP) is 1.86. The normalized spacial score (nSPS) is 9.50. The summed E-state index contributed by atoms with van der Waals surface area (Å²) in [4.78, 5) is 11.2. The van der Waals surface area contributed by atoms with Gasteiger partial charge in [-0.15, -0.1) is 0 Å². The molecule has 1 rings (SSSR count). The molecule has 3 nitrogen and oxygen atoms in total. The Morgan fingerprint density at radius 2 is 2.29 bits per heavy atom. The van der Waals surface area contributed by atoms with Crippen molar-refractivity contribution in [2.24, 2.45) is 0 Å². The first-order chi connectivity index (χ1) is 6.60. The number of halogens is 2. The summed E-state index contributed by atoms with van der Waals surface area (Å²) in [5.41, 5.74) is 5.18. The fraction of sp³-hybridized carbons (Fsp3) is 0.111. The van der Waals surface area contributed by atoms with Crippen molar-refractivity contribution >= 4 is 27.4 Å². The molecule has 0 unspecified atom stereocenters. The number of Topliss-reactive ketones (excluding diaryl/α,β-unsaturated/α-hetero) is 1. The van der Waals surface area contributed by atoms with Crippen molar-refractivity contribution in [3.63, 3.8) is 0 Å². The van der Waals surface area contributed by atoms with Gasteiger partial charge < -0.3 is 5.73 Å². The molecular weight excluding hydrogens is 251 g/mol. The molecule has 72 valence electrons. The Hall–Kier alpha value is -1.41. The lowest BCUT2D eigenvalue weighted by Gasteiger charge is -2.02. The number of nitrogens with two attached hydrogens (primary N) is 1. The molecule has 5 heteroatoms. The molecule has 0 aliphatic carbocycles. The second-order valence-electron chi connectivity index (χ2n) is 2.59. The molecule has 0 atom stereocenters. The number of hydrogen-bond donors (Lipinski definition) is 1. The number of alkyl halides is 1. The average molecular weight is 257 g/mol. The number of rotatable bonds is 2. The highest BCUT2D eigenvalue weighted by Crippen LogP contribution is 2.18. The first-order valence-electron chi connectivity index (χ1n) is 3.68. The second kappa shape index (κ2) is 4.20. The SMILES string of the molecule is N#Cc1cc(C(=O)CBr)cc(F)c1N. The lowest BCUT2D eigenvalue weighted by atomic mass is 10.1. The maximum atomic E-state index is 13.1. The summed E-state index contributed by atoms with van der Waals surface area (Å²) in [6, 6.07) is 4.03. The van der Waals surface area contributed by atoms with E-state index in [1.165, 1.54) is 6.07 Å². The highest BCUT2D eigenvalue weighted by molar-refractivity contribution is 9.09. The van der Waals surface area contributed by atoms with E-state index in [1.807, 2.05) is 0 Å². The van der Waals surface area contributed by atoms with Crippen molar-refractivity contribution in [2.75, 3.05) is 11.1 Å². The summed E-state index contributed by atoms with van der Waals surface area (Å²) in [6.07, 6.45) is 0. The minimum Gasteiger partial charge on any atom is -0.395 e. The molecule has 1 aromatic rings.